The summed E-state index contributed by atoms with van der Waals surface area (Å²) in [6, 6.07) is 7.68. The lowest BCUT2D eigenvalue weighted by Crippen LogP contribution is -2.10. The fourth-order valence-electron chi connectivity index (χ4n) is 1.94. The molecule has 0 amide bonds. The molecule has 1 aromatic carbocycles. The quantitative estimate of drug-likeness (QED) is 0.778. The van der Waals surface area contributed by atoms with Gasteiger partial charge in [0.1, 0.15) is 5.52 Å². The zero-order valence-electron chi connectivity index (χ0n) is 10.2. The number of aliphatic hydroxyl groups excluding tert-OH is 1. The number of benzene rings is 1. The molecule has 2 rings (SSSR count). The molecule has 0 fully saturated rings. The van der Waals surface area contributed by atoms with Crippen LogP contribution in [0.5, 0.6) is 0 Å². The molecular weight excluding hydrogens is 214 g/mol. The first-order valence-electron chi connectivity index (χ1n) is 6.32. The van der Waals surface area contributed by atoms with Crippen molar-refractivity contribution in [1.82, 2.24) is 4.98 Å². The second-order valence-corrected chi connectivity index (χ2v) is 4.43. The van der Waals surface area contributed by atoms with Crippen molar-refractivity contribution in [2.24, 2.45) is 0 Å². The molecule has 3 nitrogen and oxygen atoms in total. The Hall–Kier alpha value is -1.35. The Morgan fingerprint density at radius 2 is 2.12 bits per heavy atom. The van der Waals surface area contributed by atoms with Crippen LogP contribution in [-0.2, 0) is 6.42 Å². The number of fused-ring (bicyclic) bond motifs is 1. The molecule has 0 aliphatic rings. The predicted molar refractivity (Wildman–Crippen MR) is 67.9 cm³/mol. The van der Waals surface area contributed by atoms with Gasteiger partial charge in [0.15, 0.2) is 11.5 Å². The van der Waals surface area contributed by atoms with Gasteiger partial charge in [0.2, 0.25) is 0 Å². The Balaban J connectivity index is 1.93. The first kappa shape index (κ1) is 12.1. The number of nitrogens with zero attached hydrogens (tertiary/aromatic N) is 1. The Morgan fingerprint density at radius 1 is 1.29 bits per heavy atom. The maximum Gasteiger partial charge on any atom is 0.198 e. The van der Waals surface area contributed by atoms with Crippen LogP contribution in [0.1, 0.15) is 38.5 Å². The van der Waals surface area contributed by atoms with Crippen molar-refractivity contribution < 1.29 is 9.52 Å². The van der Waals surface area contributed by atoms with Crippen LogP contribution >= 0.6 is 0 Å². The molecular formula is C14H19NO2. The highest BCUT2D eigenvalue weighted by Crippen LogP contribution is 2.17. The third-order valence-corrected chi connectivity index (χ3v) is 2.89. The number of aromatic nitrogens is 1. The zero-order valence-corrected chi connectivity index (χ0v) is 10.2. The number of unbranched alkanes of at least 4 members (excludes halogenated alkanes) is 2. The van der Waals surface area contributed by atoms with Crippen molar-refractivity contribution in [2.45, 2.75) is 45.1 Å². The van der Waals surface area contributed by atoms with Crippen molar-refractivity contribution in [3.05, 3.63) is 30.2 Å². The molecule has 0 radical (unpaired) electrons. The van der Waals surface area contributed by atoms with Crippen LogP contribution < -0.4 is 0 Å². The van der Waals surface area contributed by atoms with Crippen LogP contribution in [0.3, 0.4) is 0 Å². The van der Waals surface area contributed by atoms with Gasteiger partial charge < -0.3 is 9.52 Å². The van der Waals surface area contributed by atoms with Crippen molar-refractivity contribution in [2.75, 3.05) is 0 Å². The van der Waals surface area contributed by atoms with Crippen molar-refractivity contribution in [3.63, 3.8) is 0 Å². The summed E-state index contributed by atoms with van der Waals surface area (Å²) in [5, 5.41) is 9.85. The Bertz CT molecular complexity index is 431. The fourth-order valence-corrected chi connectivity index (χ4v) is 1.94. The average Bonchev–Trinajstić information content (AvgIpc) is 2.71. The summed E-state index contributed by atoms with van der Waals surface area (Å²) < 4.78 is 5.57. The fraction of sp³-hybridized carbons (Fsp3) is 0.500. The van der Waals surface area contributed by atoms with Gasteiger partial charge in [0, 0.05) is 0 Å². The largest absolute Gasteiger partial charge is 0.441 e. The Labute approximate surface area is 101 Å². The molecule has 0 aliphatic carbocycles. The molecule has 2 aromatic rings. The van der Waals surface area contributed by atoms with Gasteiger partial charge in [-0.3, -0.25) is 0 Å². The third kappa shape index (κ3) is 3.30. The Kier molecular flexibility index (Phi) is 4.15. The number of oxazole rings is 1. The highest BCUT2D eigenvalue weighted by atomic mass is 16.4. The van der Waals surface area contributed by atoms with Gasteiger partial charge in [-0.05, 0) is 18.6 Å². The van der Waals surface area contributed by atoms with Crippen LogP contribution in [0.15, 0.2) is 28.7 Å². The lowest BCUT2D eigenvalue weighted by atomic mass is 10.1. The summed E-state index contributed by atoms with van der Waals surface area (Å²) in [4.78, 5) is 4.35. The van der Waals surface area contributed by atoms with Crippen molar-refractivity contribution in [1.29, 1.82) is 0 Å². The summed E-state index contributed by atoms with van der Waals surface area (Å²) in [5.41, 5.74) is 1.66. The van der Waals surface area contributed by atoms with Crippen LogP contribution in [0.25, 0.3) is 11.1 Å². The summed E-state index contributed by atoms with van der Waals surface area (Å²) >= 11 is 0. The van der Waals surface area contributed by atoms with Crippen LogP contribution in [0, 0.1) is 0 Å². The number of hydrogen-bond acceptors (Lipinski definition) is 3. The minimum Gasteiger partial charge on any atom is -0.441 e. The topological polar surface area (TPSA) is 46.3 Å². The minimum absolute atomic E-state index is 0.338. The van der Waals surface area contributed by atoms with Crippen molar-refractivity contribution in [3.8, 4) is 0 Å². The normalized spacial score (nSPS) is 13.1. The molecule has 0 saturated carbocycles. The van der Waals surface area contributed by atoms with E-state index >= 15 is 0 Å². The average molecular weight is 233 g/mol. The number of rotatable bonds is 6. The summed E-state index contributed by atoms with van der Waals surface area (Å²) in [7, 11) is 0. The van der Waals surface area contributed by atoms with E-state index in [9.17, 15) is 5.11 Å². The van der Waals surface area contributed by atoms with Crippen LogP contribution in [0.4, 0.5) is 0 Å². The molecule has 92 valence electrons. The number of para-hydroxylation sites is 2. The second kappa shape index (κ2) is 5.82. The molecule has 1 heterocycles. The minimum atomic E-state index is -0.338. The molecule has 1 N–H and O–H groups in total. The smallest absolute Gasteiger partial charge is 0.198 e. The van der Waals surface area contributed by atoms with Gasteiger partial charge >= 0.3 is 0 Å². The van der Waals surface area contributed by atoms with E-state index in [2.05, 4.69) is 11.9 Å². The molecule has 17 heavy (non-hydrogen) atoms. The summed E-state index contributed by atoms with van der Waals surface area (Å²) in [6.45, 7) is 2.16. The van der Waals surface area contributed by atoms with Crippen LogP contribution in [-0.4, -0.2) is 16.2 Å². The van der Waals surface area contributed by atoms with E-state index in [1.54, 1.807) is 0 Å². The number of aliphatic hydroxyl groups is 1. The van der Waals surface area contributed by atoms with Crippen molar-refractivity contribution >= 4 is 11.1 Å². The highest BCUT2D eigenvalue weighted by molar-refractivity contribution is 5.72. The molecule has 1 atom stereocenters. The van der Waals surface area contributed by atoms with Crippen LogP contribution in [0.2, 0.25) is 0 Å². The first-order chi connectivity index (χ1) is 8.29. The lowest BCUT2D eigenvalue weighted by molar-refractivity contribution is 0.153. The predicted octanol–water partition coefficient (Wildman–Crippen LogP) is 3.31. The molecule has 1 aromatic heterocycles. The van der Waals surface area contributed by atoms with Gasteiger partial charge in [-0.25, -0.2) is 4.98 Å². The van der Waals surface area contributed by atoms with E-state index in [1.807, 2.05) is 24.3 Å². The highest BCUT2D eigenvalue weighted by Gasteiger charge is 2.10. The maximum absolute atomic E-state index is 9.85. The molecule has 1 unspecified atom stereocenters. The lowest BCUT2D eigenvalue weighted by Gasteiger charge is -2.06. The van der Waals surface area contributed by atoms with Gasteiger partial charge in [-0.2, -0.15) is 0 Å². The summed E-state index contributed by atoms with van der Waals surface area (Å²) in [5.74, 6) is 0.634. The monoisotopic (exact) mass is 233 g/mol. The van der Waals surface area contributed by atoms with E-state index in [0.717, 1.165) is 23.9 Å². The SMILES string of the molecule is CCCCCC(O)Cc1nc2ccccc2o1. The van der Waals surface area contributed by atoms with E-state index < -0.39 is 0 Å². The third-order valence-electron chi connectivity index (χ3n) is 2.89. The molecule has 0 bridgehead atoms. The summed E-state index contributed by atoms with van der Waals surface area (Å²) in [6.07, 6.45) is 4.41. The maximum atomic E-state index is 9.85. The zero-order chi connectivity index (χ0) is 12.1. The second-order valence-electron chi connectivity index (χ2n) is 4.43. The van der Waals surface area contributed by atoms with Gasteiger partial charge in [0.05, 0.1) is 12.5 Å². The molecule has 0 saturated heterocycles. The van der Waals surface area contributed by atoms with E-state index in [1.165, 1.54) is 12.8 Å². The molecule has 0 spiro atoms. The molecule has 0 aliphatic heterocycles. The Morgan fingerprint density at radius 3 is 2.88 bits per heavy atom. The van der Waals surface area contributed by atoms with Gasteiger partial charge in [-0.1, -0.05) is 38.3 Å². The standard InChI is InChI=1S/C14H19NO2/c1-2-3-4-7-11(16)10-14-15-12-8-5-6-9-13(12)17-14/h5-6,8-9,11,16H,2-4,7,10H2,1H3. The first-order valence-corrected chi connectivity index (χ1v) is 6.32. The number of hydrogen-bond donors (Lipinski definition) is 1. The van der Waals surface area contributed by atoms with Gasteiger partial charge in [-0.15, -0.1) is 0 Å². The van der Waals surface area contributed by atoms with E-state index in [-0.39, 0.29) is 6.10 Å². The molecule has 3 heteroatoms. The van der Waals surface area contributed by atoms with E-state index in [0.29, 0.717) is 12.3 Å². The van der Waals surface area contributed by atoms with Gasteiger partial charge in [0.25, 0.3) is 0 Å². The van der Waals surface area contributed by atoms with E-state index in [4.69, 9.17) is 4.42 Å².